The Hall–Kier alpha value is -2.25. The van der Waals surface area contributed by atoms with Crippen molar-refractivity contribution in [1.82, 2.24) is 10.3 Å². The van der Waals surface area contributed by atoms with E-state index in [0.29, 0.717) is 5.69 Å². The number of sulfonamides is 1. The first-order chi connectivity index (χ1) is 9.88. The van der Waals surface area contributed by atoms with E-state index in [-0.39, 0.29) is 17.3 Å². The van der Waals surface area contributed by atoms with Crippen LogP contribution in [0.25, 0.3) is 0 Å². The fourth-order valence-electron chi connectivity index (χ4n) is 1.79. The Labute approximate surface area is 123 Å². The minimum absolute atomic E-state index is 0.0400. The lowest BCUT2D eigenvalue weighted by Crippen LogP contribution is -2.24. The van der Waals surface area contributed by atoms with Gasteiger partial charge in [-0.25, -0.2) is 13.6 Å². The van der Waals surface area contributed by atoms with Gasteiger partial charge >= 0.3 is 0 Å². The minimum atomic E-state index is -3.70. The maximum absolute atomic E-state index is 12.0. The Morgan fingerprint density at radius 3 is 2.48 bits per heavy atom. The summed E-state index contributed by atoms with van der Waals surface area (Å²) in [5.74, 6) is -0.274. The fraction of sp³-hybridized carbons (Fsp3) is 0.143. The number of pyridine rings is 1. The van der Waals surface area contributed by atoms with Crippen molar-refractivity contribution in [3.63, 3.8) is 0 Å². The van der Waals surface area contributed by atoms with Gasteiger partial charge in [0, 0.05) is 12.7 Å². The van der Waals surface area contributed by atoms with Gasteiger partial charge in [0.1, 0.15) is 5.69 Å². The molecule has 21 heavy (non-hydrogen) atoms. The molecule has 2 aromatic rings. The SMILES string of the molecule is Cc1cccnc1C(=O)NCc1ccc(S(N)(=O)=O)cc1. The van der Waals surface area contributed by atoms with Gasteiger partial charge in [-0.05, 0) is 36.2 Å². The van der Waals surface area contributed by atoms with Gasteiger partial charge < -0.3 is 5.32 Å². The molecule has 0 aliphatic rings. The molecular weight excluding hydrogens is 290 g/mol. The third kappa shape index (κ3) is 3.87. The van der Waals surface area contributed by atoms with E-state index < -0.39 is 10.0 Å². The molecule has 0 unspecified atom stereocenters. The highest BCUT2D eigenvalue weighted by Gasteiger charge is 2.10. The molecule has 0 saturated carbocycles. The summed E-state index contributed by atoms with van der Waals surface area (Å²) >= 11 is 0. The van der Waals surface area contributed by atoms with Crippen LogP contribution in [0.4, 0.5) is 0 Å². The molecule has 1 aromatic heterocycles. The van der Waals surface area contributed by atoms with Crippen molar-refractivity contribution in [2.75, 3.05) is 0 Å². The molecule has 0 saturated heterocycles. The summed E-state index contributed by atoms with van der Waals surface area (Å²) in [7, 11) is -3.70. The van der Waals surface area contributed by atoms with E-state index in [4.69, 9.17) is 5.14 Å². The van der Waals surface area contributed by atoms with E-state index in [2.05, 4.69) is 10.3 Å². The molecule has 2 rings (SSSR count). The van der Waals surface area contributed by atoms with Crippen LogP contribution >= 0.6 is 0 Å². The van der Waals surface area contributed by atoms with Crippen LogP contribution in [0.3, 0.4) is 0 Å². The molecule has 0 radical (unpaired) electrons. The molecule has 0 spiro atoms. The summed E-state index contributed by atoms with van der Waals surface area (Å²) in [4.78, 5) is 16.0. The second kappa shape index (κ2) is 6.02. The predicted octanol–water partition coefficient (Wildman–Crippen LogP) is 0.967. The van der Waals surface area contributed by atoms with Gasteiger partial charge in [-0.15, -0.1) is 0 Å². The molecule has 0 aliphatic carbocycles. The zero-order valence-electron chi connectivity index (χ0n) is 11.4. The quantitative estimate of drug-likeness (QED) is 0.878. The van der Waals surface area contributed by atoms with Gasteiger partial charge in [-0.1, -0.05) is 18.2 Å². The first-order valence-corrected chi connectivity index (χ1v) is 7.74. The molecule has 3 N–H and O–H groups in total. The van der Waals surface area contributed by atoms with Crippen LogP contribution in [-0.4, -0.2) is 19.3 Å². The smallest absolute Gasteiger partial charge is 0.270 e. The van der Waals surface area contributed by atoms with Gasteiger partial charge in [0.05, 0.1) is 4.90 Å². The molecule has 0 bridgehead atoms. The standard InChI is InChI=1S/C14H15N3O3S/c1-10-3-2-8-16-13(10)14(18)17-9-11-4-6-12(7-5-11)21(15,19)20/h2-8H,9H2,1H3,(H,17,18)(H2,15,19,20). The number of primary sulfonamides is 1. The number of nitrogens with one attached hydrogen (secondary N) is 1. The summed E-state index contributed by atoms with van der Waals surface area (Å²) in [6, 6.07) is 9.59. The van der Waals surface area contributed by atoms with Crippen LogP contribution in [0.15, 0.2) is 47.5 Å². The monoisotopic (exact) mass is 305 g/mol. The van der Waals surface area contributed by atoms with Crippen molar-refractivity contribution < 1.29 is 13.2 Å². The molecule has 0 fully saturated rings. The zero-order chi connectivity index (χ0) is 15.5. The second-order valence-corrected chi connectivity index (χ2v) is 6.10. The molecule has 1 amide bonds. The number of nitrogens with zero attached hydrogens (tertiary/aromatic N) is 1. The van der Waals surface area contributed by atoms with Gasteiger partial charge in [0.2, 0.25) is 10.0 Å². The molecule has 6 nitrogen and oxygen atoms in total. The Morgan fingerprint density at radius 2 is 1.90 bits per heavy atom. The third-order valence-corrected chi connectivity index (χ3v) is 3.86. The second-order valence-electron chi connectivity index (χ2n) is 4.54. The largest absolute Gasteiger partial charge is 0.347 e. The number of benzene rings is 1. The summed E-state index contributed by atoms with van der Waals surface area (Å²) in [5.41, 5.74) is 1.93. The molecule has 110 valence electrons. The lowest BCUT2D eigenvalue weighted by Gasteiger charge is -2.07. The van der Waals surface area contributed by atoms with Gasteiger partial charge in [0.25, 0.3) is 5.91 Å². The molecular formula is C14H15N3O3S. The maximum Gasteiger partial charge on any atom is 0.270 e. The number of rotatable bonds is 4. The third-order valence-electron chi connectivity index (χ3n) is 2.93. The minimum Gasteiger partial charge on any atom is -0.347 e. The topological polar surface area (TPSA) is 102 Å². The number of hydrogen-bond donors (Lipinski definition) is 2. The van der Waals surface area contributed by atoms with Gasteiger partial charge in [-0.2, -0.15) is 0 Å². The summed E-state index contributed by atoms with van der Waals surface area (Å²) in [6.07, 6.45) is 1.56. The van der Waals surface area contributed by atoms with Crippen molar-refractivity contribution in [2.45, 2.75) is 18.4 Å². The van der Waals surface area contributed by atoms with Crippen LogP contribution in [0.2, 0.25) is 0 Å². The average Bonchev–Trinajstić information content (AvgIpc) is 2.45. The summed E-state index contributed by atoms with van der Waals surface area (Å²) in [6.45, 7) is 2.09. The lowest BCUT2D eigenvalue weighted by atomic mass is 10.2. The van der Waals surface area contributed by atoms with Crippen LogP contribution in [0.5, 0.6) is 0 Å². The Balaban J connectivity index is 2.04. The predicted molar refractivity (Wildman–Crippen MR) is 78.0 cm³/mol. The Kier molecular flexibility index (Phi) is 4.35. The highest BCUT2D eigenvalue weighted by molar-refractivity contribution is 7.89. The molecule has 7 heteroatoms. The highest BCUT2D eigenvalue weighted by atomic mass is 32.2. The van der Waals surface area contributed by atoms with Crippen molar-refractivity contribution in [2.24, 2.45) is 5.14 Å². The summed E-state index contributed by atoms with van der Waals surface area (Å²) < 4.78 is 22.3. The Bertz CT molecular complexity index is 755. The van der Waals surface area contributed by atoms with Crippen LogP contribution < -0.4 is 10.5 Å². The van der Waals surface area contributed by atoms with E-state index in [1.807, 2.05) is 13.0 Å². The van der Waals surface area contributed by atoms with Crippen molar-refractivity contribution >= 4 is 15.9 Å². The Morgan fingerprint density at radius 1 is 1.24 bits per heavy atom. The van der Waals surface area contributed by atoms with E-state index in [0.717, 1.165) is 11.1 Å². The zero-order valence-corrected chi connectivity index (χ0v) is 12.2. The highest BCUT2D eigenvalue weighted by Crippen LogP contribution is 2.09. The van der Waals surface area contributed by atoms with E-state index in [1.54, 1.807) is 24.4 Å². The van der Waals surface area contributed by atoms with E-state index in [1.165, 1.54) is 12.1 Å². The lowest BCUT2D eigenvalue weighted by molar-refractivity contribution is 0.0945. The first-order valence-electron chi connectivity index (χ1n) is 6.19. The molecule has 1 heterocycles. The fourth-order valence-corrected chi connectivity index (χ4v) is 2.30. The van der Waals surface area contributed by atoms with E-state index >= 15 is 0 Å². The normalized spacial score (nSPS) is 11.1. The molecule has 0 atom stereocenters. The van der Waals surface area contributed by atoms with Crippen LogP contribution in [0.1, 0.15) is 21.6 Å². The number of amides is 1. The van der Waals surface area contributed by atoms with Crippen molar-refractivity contribution in [3.05, 3.63) is 59.4 Å². The van der Waals surface area contributed by atoms with Crippen molar-refractivity contribution in [3.8, 4) is 0 Å². The van der Waals surface area contributed by atoms with Crippen LogP contribution in [-0.2, 0) is 16.6 Å². The number of hydrogen-bond acceptors (Lipinski definition) is 4. The average molecular weight is 305 g/mol. The number of aryl methyl sites for hydroxylation is 1. The number of carbonyl (C=O) groups is 1. The maximum atomic E-state index is 12.0. The van der Waals surface area contributed by atoms with Gasteiger partial charge in [-0.3, -0.25) is 9.78 Å². The number of nitrogens with two attached hydrogens (primary N) is 1. The number of carbonyl (C=O) groups excluding carboxylic acids is 1. The first kappa shape index (κ1) is 15.1. The molecule has 0 aliphatic heterocycles. The summed E-state index contributed by atoms with van der Waals surface area (Å²) in [5, 5.41) is 7.75. The van der Waals surface area contributed by atoms with Gasteiger partial charge in [0.15, 0.2) is 0 Å². The van der Waals surface area contributed by atoms with Crippen LogP contribution in [0, 0.1) is 6.92 Å². The van der Waals surface area contributed by atoms with E-state index in [9.17, 15) is 13.2 Å². The molecule has 1 aromatic carbocycles. The number of aromatic nitrogens is 1. The van der Waals surface area contributed by atoms with Crippen molar-refractivity contribution in [1.29, 1.82) is 0 Å².